The smallest absolute Gasteiger partial charge is 0.300 e. The van der Waals surface area contributed by atoms with E-state index in [9.17, 15) is 0 Å². The third kappa shape index (κ3) is 29.2. The number of hydrogen-bond acceptors (Lipinski definition) is 1. The van der Waals surface area contributed by atoms with Gasteiger partial charge in [0.1, 0.15) is 0 Å². The minimum absolute atomic E-state index is 0.833. The van der Waals surface area contributed by atoms with E-state index < -0.39 is 5.97 Å². The molecule has 0 fully saturated rings. The standard InChI is InChI=1S/C12H24.C2H4O2/c1-3-5-7-9-11-12-10-8-6-4-2;1-2(3)4/h3,5H,4,6-12H2,1-2H3;1H3,(H,3,4)/b5-3+;. The van der Waals surface area contributed by atoms with Crippen LogP contribution in [0.3, 0.4) is 0 Å². The van der Waals surface area contributed by atoms with Crippen LogP contribution in [0, 0.1) is 0 Å². The first kappa shape index (κ1) is 17.6. The zero-order valence-electron chi connectivity index (χ0n) is 11.2. The lowest BCUT2D eigenvalue weighted by Gasteiger charge is -1.98. The Bertz CT molecular complexity index is 158. The molecule has 0 aromatic rings. The first-order valence-electron chi connectivity index (χ1n) is 6.45. The van der Waals surface area contributed by atoms with Crippen molar-refractivity contribution in [3.8, 4) is 0 Å². The van der Waals surface area contributed by atoms with Gasteiger partial charge in [0.05, 0.1) is 0 Å². The number of unbranched alkanes of at least 4 members (excludes halogenated alkanes) is 7. The van der Waals surface area contributed by atoms with Crippen LogP contribution in [0.1, 0.15) is 72.1 Å². The molecule has 0 aromatic heterocycles. The molecule has 16 heavy (non-hydrogen) atoms. The van der Waals surface area contributed by atoms with Crippen LogP contribution >= 0.6 is 0 Å². The molecule has 96 valence electrons. The highest BCUT2D eigenvalue weighted by molar-refractivity contribution is 5.62. The van der Waals surface area contributed by atoms with Crippen LogP contribution in [0.25, 0.3) is 0 Å². The highest BCUT2D eigenvalue weighted by atomic mass is 16.4. The molecule has 0 atom stereocenters. The normalized spacial score (nSPS) is 9.94. The Balaban J connectivity index is 0. The molecule has 0 aromatic carbocycles. The Morgan fingerprint density at radius 1 is 1.06 bits per heavy atom. The molecule has 2 nitrogen and oxygen atoms in total. The summed E-state index contributed by atoms with van der Waals surface area (Å²) in [5.74, 6) is -0.833. The molecule has 1 N–H and O–H groups in total. The number of aliphatic carboxylic acids is 1. The molecule has 0 heterocycles. The van der Waals surface area contributed by atoms with Gasteiger partial charge >= 0.3 is 0 Å². The Morgan fingerprint density at radius 2 is 1.50 bits per heavy atom. The molecule has 0 aliphatic carbocycles. The lowest BCUT2D eigenvalue weighted by atomic mass is 10.1. The Morgan fingerprint density at radius 3 is 1.94 bits per heavy atom. The first-order valence-corrected chi connectivity index (χ1v) is 6.45. The van der Waals surface area contributed by atoms with Gasteiger partial charge in [0.2, 0.25) is 0 Å². The van der Waals surface area contributed by atoms with Crippen LogP contribution in [0.15, 0.2) is 12.2 Å². The molecule has 2 heteroatoms. The van der Waals surface area contributed by atoms with E-state index in [-0.39, 0.29) is 0 Å². The summed E-state index contributed by atoms with van der Waals surface area (Å²) in [5, 5.41) is 7.42. The van der Waals surface area contributed by atoms with Gasteiger partial charge in [-0.15, -0.1) is 0 Å². The van der Waals surface area contributed by atoms with Crippen molar-refractivity contribution in [2.45, 2.75) is 72.1 Å². The highest BCUT2D eigenvalue weighted by Crippen LogP contribution is 2.08. The maximum atomic E-state index is 9.00. The largest absolute Gasteiger partial charge is 0.481 e. The van der Waals surface area contributed by atoms with Crippen molar-refractivity contribution >= 4 is 5.97 Å². The van der Waals surface area contributed by atoms with Crippen LogP contribution in [-0.4, -0.2) is 11.1 Å². The van der Waals surface area contributed by atoms with Crippen molar-refractivity contribution in [1.82, 2.24) is 0 Å². The maximum Gasteiger partial charge on any atom is 0.300 e. The van der Waals surface area contributed by atoms with E-state index in [0.717, 1.165) is 6.92 Å². The molecule has 0 saturated carbocycles. The van der Waals surface area contributed by atoms with E-state index in [4.69, 9.17) is 9.90 Å². The maximum absolute atomic E-state index is 9.00. The SMILES string of the molecule is C/C=C/CCCCCCCCC.CC(=O)O. The minimum atomic E-state index is -0.833. The second-order valence-electron chi connectivity index (χ2n) is 4.00. The van der Waals surface area contributed by atoms with Gasteiger partial charge in [-0.2, -0.15) is 0 Å². The van der Waals surface area contributed by atoms with Gasteiger partial charge in [-0.1, -0.05) is 57.6 Å². The third-order valence-electron chi connectivity index (χ3n) is 2.21. The van der Waals surface area contributed by atoms with Crippen LogP contribution in [0.2, 0.25) is 0 Å². The van der Waals surface area contributed by atoms with Crippen molar-refractivity contribution in [2.75, 3.05) is 0 Å². The lowest BCUT2D eigenvalue weighted by molar-refractivity contribution is -0.134. The van der Waals surface area contributed by atoms with Crippen LogP contribution < -0.4 is 0 Å². The van der Waals surface area contributed by atoms with Gasteiger partial charge in [-0.25, -0.2) is 0 Å². The van der Waals surface area contributed by atoms with Crippen LogP contribution in [-0.2, 0) is 4.79 Å². The van der Waals surface area contributed by atoms with Crippen molar-refractivity contribution in [3.63, 3.8) is 0 Å². The summed E-state index contributed by atoms with van der Waals surface area (Å²) in [6.07, 6.45) is 15.6. The topological polar surface area (TPSA) is 37.3 Å². The monoisotopic (exact) mass is 228 g/mol. The molecule has 0 saturated heterocycles. The second-order valence-corrected chi connectivity index (χ2v) is 4.00. The lowest BCUT2D eigenvalue weighted by Crippen LogP contribution is -1.78. The molecule has 0 radical (unpaired) electrons. The second kappa shape index (κ2) is 16.6. The molecule has 0 rings (SSSR count). The van der Waals surface area contributed by atoms with Gasteiger partial charge in [0.15, 0.2) is 0 Å². The van der Waals surface area contributed by atoms with E-state index in [0.29, 0.717) is 0 Å². The summed E-state index contributed by atoms with van der Waals surface area (Å²) >= 11 is 0. The zero-order valence-corrected chi connectivity index (χ0v) is 11.2. The average molecular weight is 228 g/mol. The van der Waals surface area contributed by atoms with E-state index >= 15 is 0 Å². The van der Waals surface area contributed by atoms with E-state index in [2.05, 4.69) is 26.0 Å². The fourth-order valence-electron chi connectivity index (χ4n) is 1.39. The molecule has 0 aliphatic heterocycles. The van der Waals surface area contributed by atoms with E-state index in [1.54, 1.807) is 0 Å². The van der Waals surface area contributed by atoms with Gasteiger partial charge < -0.3 is 5.11 Å². The number of rotatable bonds is 8. The van der Waals surface area contributed by atoms with Crippen LogP contribution in [0.4, 0.5) is 0 Å². The van der Waals surface area contributed by atoms with Crippen LogP contribution in [0.5, 0.6) is 0 Å². The number of carboxylic acid groups (broad SMARTS) is 1. The number of carbonyl (C=O) groups is 1. The van der Waals surface area contributed by atoms with Gasteiger partial charge in [0, 0.05) is 6.92 Å². The summed E-state index contributed by atoms with van der Waals surface area (Å²) in [7, 11) is 0. The van der Waals surface area contributed by atoms with E-state index in [1.165, 1.54) is 51.4 Å². The average Bonchev–Trinajstić information content (AvgIpc) is 2.21. The molecular formula is C14H28O2. The molecule has 0 bridgehead atoms. The van der Waals surface area contributed by atoms with Crippen molar-refractivity contribution in [3.05, 3.63) is 12.2 Å². The summed E-state index contributed by atoms with van der Waals surface area (Å²) in [6.45, 7) is 5.45. The summed E-state index contributed by atoms with van der Waals surface area (Å²) < 4.78 is 0. The number of carboxylic acids is 1. The number of allylic oxidation sites excluding steroid dienone is 2. The molecule has 0 spiro atoms. The fourth-order valence-corrected chi connectivity index (χ4v) is 1.39. The minimum Gasteiger partial charge on any atom is -0.481 e. The fraction of sp³-hybridized carbons (Fsp3) is 0.786. The predicted molar refractivity (Wildman–Crippen MR) is 70.7 cm³/mol. The molecule has 0 amide bonds. The first-order chi connectivity index (χ1) is 7.65. The Hall–Kier alpha value is -0.790. The number of hydrogen-bond donors (Lipinski definition) is 1. The summed E-state index contributed by atoms with van der Waals surface area (Å²) in [4.78, 5) is 9.00. The van der Waals surface area contributed by atoms with Crippen molar-refractivity contribution in [2.24, 2.45) is 0 Å². The third-order valence-corrected chi connectivity index (χ3v) is 2.21. The van der Waals surface area contributed by atoms with Gasteiger partial charge in [-0.3, -0.25) is 4.79 Å². The Kier molecular flexibility index (Phi) is 18.3. The van der Waals surface area contributed by atoms with E-state index in [1.807, 2.05) is 0 Å². The van der Waals surface area contributed by atoms with Gasteiger partial charge in [-0.05, 0) is 19.8 Å². The summed E-state index contributed by atoms with van der Waals surface area (Å²) in [6, 6.07) is 0. The van der Waals surface area contributed by atoms with Gasteiger partial charge in [0.25, 0.3) is 5.97 Å². The highest BCUT2D eigenvalue weighted by Gasteiger charge is 1.88. The molecule has 0 aliphatic rings. The van der Waals surface area contributed by atoms with Crippen molar-refractivity contribution < 1.29 is 9.90 Å². The molecule has 0 unspecified atom stereocenters. The van der Waals surface area contributed by atoms with Crippen molar-refractivity contribution in [1.29, 1.82) is 0 Å². The quantitative estimate of drug-likeness (QED) is 0.479. The molecular weight excluding hydrogens is 200 g/mol. The summed E-state index contributed by atoms with van der Waals surface area (Å²) in [5.41, 5.74) is 0. The Labute approximate surface area is 101 Å². The predicted octanol–water partition coefficient (Wildman–Crippen LogP) is 4.79. The zero-order chi connectivity index (χ0) is 12.6.